The molecule has 0 aliphatic rings. The first-order chi connectivity index (χ1) is 14.9. The minimum atomic E-state index is -0.0831. The Morgan fingerprint density at radius 3 is 2.74 bits per heavy atom. The van der Waals surface area contributed by atoms with E-state index in [1.165, 1.54) is 34.4 Å². The Kier molecular flexibility index (Phi) is 6.27. The largest absolute Gasteiger partial charge is 0.288 e. The number of hydrogen-bond donors (Lipinski definition) is 0. The molecule has 4 rings (SSSR count). The van der Waals surface area contributed by atoms with Crippen LogP contribution >= 0.6 is 34.4 Å². The van der Waals surface area contributed by atoms with Crippen molar-refractivity contribution in [3.8, 4) is 0 Å². The number of amides is 1. The number of rotatable bonds is 7. The van der Waals surface area contributed by atoms with Crippen molar-refractivity contribution in [1.82, 2.24) is 14.5 Å². The molecule has 0 fully saturated rings. The molecule has 0 aliphatic heterocycles. The van der Waals surface area contributed by atoms with E-state index in [1.54, 1.807) is 15.5 Å². The number of anilines is 1. The molecule has 9 heteroatoms. The molecule has 0 bridgehead atoms. The number of thiophene rings is 1. The van der Waals surface area contributed by atoms with Gasteiger partial charge < -0.3 is 0 Å². The van der Waals surface area contributed by atoms with Gasteiger partial charge in [0.1, 0.15) is 4.83 Å². The fourth-order valence-electron chi connectivity index (χ4n) is 3.31. The molecule has 4 aromatic rings. The van der Waals surface area contributed by atoms with Gasteiger partial charge >= 0.3 is 0 Å². The normalized spacial score (nSPS) is 11.3. The third kappa shape index (κ3) is 4.05. The lowest BCUT2D eigenvalue weighted by atomic mass is 10.2. The van der Waals surface area contributed by atoms with Crippen LogP contribution < -0.4 is 10.5 Å². The Balaban J connectivity index is 1.62. The predicted octanol–water partition coefficient (Wildman–Crippen LogP) is 5.02. The lowest BCUT2D eigenvalue weighted by Crippen LogP contribution is -2.32. The van der Waals surface area contributed by atoms with Crippen molar-refractivity contribution >= 4 is 65.9 Å². The summed E-state index contributed by atoms with van der Waals surface area (Å²) >= 11 is 4.29. The van der Waals surface area contributed by atoms with Crippen LogP contribution in [0.15, 0.2) is 46.9 Å². The van der Waals surface area contributed by atoms with E-state index in [-0.39, 0.29) is 17.2 Å². The van der Waals surface area contributed by atoms with Crippen molar-refractivity contribution in [2.75, 3.05) is 17.2 Å². The summed E-state index contributed by atoms with van der Waals surface area (Å²) in [6, 6.07) is 7.85. The number of thioether (sulfide) groups is 1. The zero-order valence-electron chi connectivity index (χ0n) is 17.5. The van der Waals surface area contributed by atoms with Crippen LogP contribution in [0.2, 0.25) is 0 Å². The molecule has 3 aromatic heterocycles. The minimum absolute atomic E-state index is 0.0652. The van der Waals surface area contributed by atoms with Crippen LogP contribution in [0.25, 0.3) is 20.4 Å². The van der Waals surface area contributed by atoms with Crippen LogP contribution in [0.5, 0.6) is 0 Å². The first-order valence-corrected chi connectivity index (χ1v) is 12.5. The van der Waals surface area contributed by atoms with Gasteiger partial charge in [-0.1, -0.05) is 41.3 Å². The topological polar surface area (TPSA) is 68.1 Å². The summed E-state index contributed by atoms with van der Waals surface area (Å²) in [6.45, 7) is 10.5. The van der Waals surface area contributed by atoms with E-state index in [1.807, 2.05) is 45.0 Å². The number of nitrogens with zero attached hydrogens (tertiary/aromatic N) is 4. The van der Waals surface area contributed by atoms with Gasteiger partial charge in [0, 0.05) is 18.0 Å². The van der Waals surface area contributed by atoms with E-state index in [2.05, 4.69) is 11.6 Å². The molecular formula is C22H22N4O2S3. The van der Waals surface area contributed by atoms with Gasteiger partial charge in [-0.3, -0.25) is 19.1 Å². The fourth-order valence-corrected chi connectivity index (χ4v) is 6.31. The van der Waals surface area contributed by atoms with Gasteiger partial charge in [0.15, 0.2) is 10.3 Å². The highest BCUT2D eigenvalue weighted by Crippen LogP contribution is 2.31. The molecule has 1 amide bonds. The standard InChI is InChI=1S/C22H22N4O2S3/c1-5-11-26-20(28)18-13(3)14(4)30-19(18)24-21(26)29-12-17(27)25(6-2)22-23-15-9-7-8-10-16(15)31-22/h5,7-10H,1,6,11-12H2,2-4H3. The molecule has 0 atom stereocenters. The van der Waals surface area contributed by atoms with Gasteiger partial charge in [0.05, 0.1) is 21.4 Å². The van der Waals surface area contributed by atoms with E-state index in [0.717, 1.165) is 20.7 Å². The Hall–Kier alpha value is -2.49. The molecule has 0 radical (unpaired) electrons. The molecule has 0 saturated heterocycles. The van der Waals surface area contributed by atoms with Gasteiger partial charge in [-0.15, -0.1) is 17.9 Å². The second-order valence-corrected chi connectivity index (χ2v) is 10.1. The highest BCUT2D eigenvalue weighted by molar-refractivity contribution is 7.99. The number of aryl methyl sites for hydroxylation is 2. The van der Waals surface area contributed by atoms with E-state index in [0.29, 0.717) is 33.6 Å². The fraction of sp³-hybridized carbons (Fsp3) is 0.273. The lowest BCUT2D eigenvalue weighted by Gasteiger charge is -2.17. The second-order valence-electron chi connectivity index (χ2n) is 6.95. The number of thiazole rings is 1. The maximum Gasteiger partial charge on any atom is 0.263 e. The van der Waals surface area contributed by atoms with Crippen LogP contribution in [0.4, 0.5) is 5.13 Å². The Bertz CT molecular complexity index is 1320. The first-order valence-electron chi connectivity index (χ1n) is 9.84. The maximum absolute atomic E-state index is 13.1. The Morgan fingerprint density at radius 1 is 1.26 bits per heavy atom. The molecule has 0 aliphatic carbocycles. The number of allylic oxidation sites excluding steroid dienone is 1. The van der Waals surface area contributed by atoms with Crippen LogP contribution in [-0.4, -0.2) is 32.7 Å². The van der Waals surface area contributed by atoms with E-state index in [4.69, 9.17) is 4.98 Å². The molecule has 1 aromatic carbocycles. The smallest absolute Gasteiger partial charge is 0.263 e. The number of hydrogen-bond acceptors (Lipinski definition) is 7. The lowest BCUT2D eigenvalue weighted by molar-refractivity contribution is -0.116. The second kappa shape index (κ2) is 8.94. The SMILES string of the molecule is C=CCn1c(SCC(=O)N(CC)c2nc3ccccc3s2)nc2sc(C)c(C)c2c1=O. The summed E-state index contributed by atoms with van der Waals surface area (Å²) in [5.41, 5.74) is 1.77. The van der Waals surface area contributed by atoms with Gasteiger partial charge in [-0.2, -0.15) is 0 Å². The number of aromatic nitrogens is 3. The van der Waals surface area contributed by atoms with E-state index in [9.17, 15) is 9.59 Å². The van der Waals surface area contributed by atoms with Crippen LogP contribution in [0, 0.1) is 13.8 Å². The summed E-state index contributed by atoms with van der Waals surface area (Å²) in [4.78, 5) is 38.9. The Labute approximate surface area is 192 Å². The van der Waals surface area contributed by atoms with Crippen LogP contribution in [0.1, 0.15) is 17.4 Å². The van der Waals surface area contributed by atoms with Crippen molar-refractivity contribution in [2.24, 2.45) is 0 Å². The molecule has 0 N–H and O–H groups in total. The van der Waals surface area contributed by atoms with Crippen molar-refractivity contribution < 1.29 is 4.79 Å². The average molecular weight is 471 g/mol. The van der Waals surface area contributed by atoms with Crippen molar-refractivity contribution in [3.63, 3.8) is 0 Å². The number of carbonyl (C=O) groups excluding carboxylic acids is 1. The zero-order valence-corrected chi connectivity index (χ0v) is 20.0. The molecule has 0 saturated carbocycles. The van der Waals surface area contributed by atoms with Crippen molar-refractivity contribution in [2.45, 2.75) is 32.5 Å². The van der Waals surface area contributed by atoms with Crippen molar-refractivity contribution in [3.05, 3.63) is 57.7 Å². The minimum Gasteiger partial charge on any atom is -0.288 e. The van der Waals surface area contributed by atoms with Gasteiger partial charge in [0.2, 0.25) is 5.91 Å². The molecule has 6 nitrogen and oxygen atoms in total. The number of benzene rings is 1. The van der Waals surface area contributed by atoms with Crippen LogP contribution in [0.3, 0.4) is 0 Å². The summed E-state index contributed by atoms with van der Waals surface area (Å²) in [7, 11) is 0. The van der Waals surface area contributed by atoms with Gasteiger partial charge in [0.25, 0.3) is 5.56 Å². The molecule has 0 spiro atoms. The summed E-state index contributed by atoms with van der Waals surface area (Å²) in [6.07, 6.45) is 1.68. The molecule has 31 heavy (non-hydrogen) atoms. The molecule has 160 valence electrons. The summed E-state index contributed by atoms with van der Waals surface area (Å²) in [5, 5.41) is 1.88. The highest BCUT2D eigenvalue weighted by Gasteiger charge is 2.21. The van der Waals surface area contributed by atoms with Crippen LogP contribution in [-0.2, 0) is 11.3 Å². The molecule has 0 unspecified atom stereocenters. The summed E-state index contributed by atoms with van der Waals surface area (Å²) < 4.78 is 2.65. The predicted molar refractivity (Wildman–Crippen MR) is 132 cm³/mol. The third-order valence-corrected chi connectivity index (χ3v) is 8.14. The first kappa shape index (κ1) is 21.7. The Morgan fingerprint density at radius 2 is 2.03 bits per heavy atom. The van der Waals surface area contributed by atoms with E-state index < -0.39 is 0 Å². The summed E-state index contributed by atoms with van der Waals surface area (Å²) in [5.74, 6) is 0.104. The highest BCUT2D eigenvalue weighted by atomic mass is 32.2. The maximum atomic E-state index is 13.1. The van der Waals surface area contributed by atoms with Gasteiger partial charge in [-0.25, -0.2) is 9.97 Å². The number of para-hydroxylation sites is 1. The monoisotopic (exact) mass is 470 g/mol. The zero-order chi connectivity index (χ0) is 22.1. The molecule has 3 heterocycles. The molecular weight excluding hydrogens is 448 g/mol. The average Bonchev–Trinajstić information content (AvgIpc) is 3.30. The van der Waals surface area contributed by atoms with Crippen molar-refractivity contribution in [1.29, 1.82) is 0 Å². The van der Waals surface area contributed by atoms with Gasteiger partial charge in [-0.05, 0) is 38.5 Å². The van der Waals surface area contributed by atoms with E-state index >= 15 is 0 Å². The third-order valence-electron chi connectivity index (χ3n) is 5.02. The quantitative estimate of drug-likeness (QED) is 0.216. The number of carbonyl (C=O) groups is 1. The number of fused-ring (bicyclic) bond motifs is 2.